The maximum atomic E-state index is 12.3. The van der Waals surface area contributed by atoms with E-state index >= 15 is 0 Å². The van der Waals surface area contributed by atoms with E-state index < -0.39 is 0 Å². The third-order valence-corrected chi connectivity index (χ3v) is 5.10. The van der Waals surface area contributed by atoms with Crippen molar-refractivity contribution < 1.29 is 14.3 Å². The molecule has 1 atom stereocenters. The molecule has 6 nitrogen and oxygen atoms in total. The van der Waals surface area contributed by atoms with Gasteiger partial charge in [0.1, 0.15) is 6.10 Å². The molecule has 3 aliphatic rings. The molecule has 0 radical (unpaired) electrons. The number of nitrogens with zero attached hydrogens (tertiary/aromatic N) is 2. The van der Waals surface area contributed by atoms with Crippen LogP contribution in [0.5, 0.6) is 0 Å². The molecule has 124 valence electrons. The molecule has 2 heterocycles. The van der Waals surface area contributed by atoms with Crippen molar-refractivity contribution in [3.05, 3.63) is 0 Å². The van der Waals surface area contributed by atoms with Crippen molar-refractivity contribution in [3.8, 4) is 0 Å². The first-order valence-corrected chi connectivity index (χ1v) is 8.67. The first-order chi connectivity index (χ1) is 10.7. The zero-order valence-corrected chi connectivity index (χ0v) is 13.3. The van der Waals surface area contributed by atoms with Gasteiger partial charge in [-0.05, 0) is 31.6 Å². The van der Waals surface area contributed by atoms with E-state index in [1.165, 1.54) is 25.7 Å². The SMILES string of the molecule is O=C(NCC1CCCC1)N1CCN(C(=O)[C@@H]2CCCO2)CC1. The quantitative estimate of drug-likeness (QED) is 0.852. The van der Waals surface area contributed by atoms with E-state index in [1.807, 2.05) is 9.80 Å². The van der Waals surface area contributed by atoms with Gasteiger partial charge >= 0.3 is 6.03 Å². The van der Waals surface area contributed by atoms with Gasteiger partial charge in [-0.3, -0.25) is 4.79 Å². The molecule has 1 saturated carbocycles. The summed E-state index contributed by atoms with van der Waals surface area (Å²) in [5.74, 6) is 0.759. The molecular formula is C16H27N3O3. The highest BCUT2D eigenvalue weighted by molar-refractivity contribution is 5.81. The molecule has 0 bridgehead atoms. The Labute approximate surface area is 132 Å². The second-order valence-corrected chi connectivity index (χ2v) is 6.65. The Morgan fingerprint density at radius 3 is 2.27 bits per heavy atom. The summed E-state index contributed by atoms with van der Waals surface area (Å²) >= 11 is 0. The van der Waals surface area contributed by atoms with Gasteiger partial charge in [-0.25, -0.2) is 4.79 Å². The number of hydrogen-bond acceptors (Lipinski definition) is 3. The molecule has 3 rings (SSSR count). The molecule has 2 aliphatic heterocycles. The Bertz CT molecular complexity index is 395. The molecule has 0 aromatic carbocycles. The standard InChI is InChI=1S/C16H27N3O3/c20-15(14-6-3-11-22-14)18-7-9-19(10-8-18)16(21)17-12-13-4-1-2-5-13/h13-14H,1-12H2,(H,17,21)/t14-/m0/s1. The minimum absolute atomic E-state index is 0.0242. The van der Waals surface area contributed by atoms with Crippen LogP contribution in [0.15, 0.2) is 0 Å². The van der Waals surface area contributed by atoms with Gasteiger partial charge in [0.15, 0.2) is 0 Å². The van der Waals surface area contributed by atoms with Gasteiger partial charge in [-0.1, -0.05) is 12.8 Å². The van der Waals surface area contributed by atoms with Crippen LogP contribution in [0.2, 0.25) is 0 Å². The second kappa shape index (κ2) is 7.31. The molecule has 2 saturated heterocycles. The normalized spacial score (nSPS) is 26.5. The van der Waals surface area contributed by atoms with E-state index in [1.54, 1.807) is 0 Å². The van der Waals surface area contributed by atoms with Crippen LogP contribution in [0.4, 0.5) is 4.79 Å². The van der Waals surface area contributed by atoms with Crippen LogP contribution in [0.1, 0.15) is 38.5 Å². The van der Waals surface area contributed by atoms with Gasteiger partial charge in [-0.15, -0.1) is 0 Å². The molecular weight excluding hydrogens is 282 g/mol. The summed E-state index contributed by atoms with van der Waals surface area (Å²) in [6, 6.07) is 0.0242. The Morgan fingerprint density at radius 2 is 1.64 bits per heavy atom. The van der Waals surface area contributed by atoms with Crippen LogP contribution < -0.4 is 5.32 Å². The summed E-state index contributed by atoms with van der Waals surface area (Å²) in [4.78, 5) is 28.1. The summed E-state index contributed by atoms with van der Waals surface area (Å²) in [6.45, 7) is 3.98. The molecule has 3 fully saturated rings. The van der Waals surface area contributed by atoms with Crippen LogP contribution in [-0.4, -0.2) is 67.2 Å². The molecule has 22 heavy (non-hydrogen) atoms. The lowest BCUT2D eigenvalue weighted by Gasteiger charge is -2.35. The molecule has 6 heteroatoms. The zero-order valence-electron chi connectivity index (χ0n) is 13.3. The summed E-state index contributed by atoms with van der Waals surface area (Å²) in [5, 5.41) is 3.05. The maximum absolute atomic E-state index is 12.3. The third kappa shape index (κ3) is 3.72. The predicted octanol–water partition coefficient (Wildman–Crippen LogP) is 1.21. The summed E-state index contributed by atoms with van der Waals surface area (Å²) in [6.07, 6.45) is 6.63. The Hall–Kier alpha value is -1.30. The number of piperazine rings is 1. The fraction of sp³-hybridized carbons (Fsp3) is 0.875. The second-order valence-electron chi connectivity index (χ2n) is 6.65. The highest BCUT2D eigenvalue weighted by atomic mass is 16.5. The van der Waals surface area contributed by atoms with Gasteiger partial charge in [-0.2, -0.15) is 0 Å². The Kier molecular flexibility index (Phi) is 5.18. The number of hydrogen-bond donors (Lipinski definition) is 1. The number of urea groups is 1. The Balaban J connectivity index is 1.38. The number of ether oxygens (including phenoxy) is 1. The van der Waals surface area contributed by atoms with Crippen molar-refractivity contribution in [3.63, 3.8) is 0 Å². The van der Waals surface area contributed by atoms with Crippen molar-refractivity contribution >= 4 is 11.9 Å². The fourth-order valence-corrected chi connectivity index (χ4v) is 3.66. The van der Waals surface area contributed by atoms with Crippen LogP contribution in [0.25, 0.3) is 0 Å². The third-order valence-electron chi connectivity index (χ3n) is 5.10. The maximum Gasteiger partial charge on any atom is 0.317 e. The average molecular weight is 309 g/mol. The molecule has 1 aliphatic carbocycles. The van der Waals surface area contributed by atoms with Crippen LogP contribution in [0.3, 0.4) is 0 Å². The Morgan fingerprint density at radius 1 is 0.955 bits per heavy atom. The number of amides is 3. The van der Waals surface area contributed by atoms with E-state index in [4.69, 9.17) is 4.74 Å². The minimum Gasteiger partial charge on any atom is -0.368 e. The summed E-state index contributed by atoms with van der Waals surface area (Å²) in [5.41, 5.74) is 0. The van der Waals surface area contributed by atoms with E-state index in [2.05, 4.69) is 5.32 Å². The molecule has 0 unspecified atom stereocenters. The smallest absolute Gasteiger partial charge is 0.317 e. The largest absolute Gasteiger partial charge is 0.368 e. The van der Waals surface area contributed by atoms with Crippen molar-refractivity contribution in [1.29, 1.82) is 0 Å². The van der Waals surface area contributed by atoms with Gasteiger partial charge in [0, 0.05) is 39.3 Å². The molecule has 3 amide bonds. The van der Waals surface area contributed by atoms with Crippen LogP contribution >= 0.6 is 0 Å². The first kappa shape index (κ1) is 15.6. The highest BCUT2D eigenvalue weighted by Gasteiger charge is 2.31. The number of carbonyl (C=O) groups is 2. The first-order valence-electron chi connectivity index (χ1n) is 8.67. The summed E-state index contributed by atoms with van der Waals surface area (Å²) < 4.78 is 5.45. The number of nitrogens with one attached hydrogen (secondary N) is 1. The van der Waals surface area contributed by atoms with E-state index in [9.17, 15) is 9.59 Å². The van der Waals surface area contributed by atoms with Crippen molar-refractivity contribution in [1.82, 2.24) is 15.1 Å². The highest BCUT2D eigenvalue weighted by Crippen LogP contribution is 2.23. The molecule has 1 N–H and O–H groups in total. The number of rotatable bonds is 3. The van der Waals surface area contributed by atoms with Crippen molar-refractivity contribution in [2.24, 2.45) is 5.92 Å². The van der Waals surface area contributed by atoms with Crippen LogP contribution in [-0.2, 0) is 9.53 Å². The van der Waals surface area contributed by atoms with Gasteiger partial charge in [0.25, 0.3) is 5.91 Å². The van der Waals surface area contributed by atoms with E-state index in [0.717, 1.165) is 19.4 Å². The van der Waals surface area contributed by atoms with Gasteiger partial charge in [0.2, 0.25) is 0 Å². The lowest BCUT2D eigenvalue weighted by molar-refractivity contribution is -0.142. The predicted molar refractivity (Wildman–Crippen MR) is 82.5 cm³/mol. The average Bonchev–Trinajstić information content (AvgIpc) is 3.25. The number of carbonyl (C=O) groups excluding carboxylic acids is 2. The van der Waals surface area contributed by atoms with Gasteiger partial charge in [0.05, 0.1) is 0 Å². The van der Waals surface area contributed by atoms with Gasteiger partial charge < -0.3 is 19.9 Å². The monoisotopic (exact) mass is 309 g/mol. The molecule has 0 aromatic heterocycles. The molecule has 0 spiro atoms. The van der Waals surface area contributed by atoms with E-state index in [-0.39, 0.29) is 18.0 Å². The lowest BCUT2D eigenvalue weighted by Crippen LogP contribution is -2.55. The molecule has 0 aromatic rings. The van der Waals surface area contributed by atoms with Crippen LogP contribution in [0, 0.1) is 5.92 Å². The van der Waals surface area contributed by atoms with Crippen molar-refractivity contribution in [2.45, 2.75) is 44.6 Å². The zero-order chi connectivity index (χ0) is 15.4. The lowest BCUT2D eigenvalue weighted by atomic mass is 10.1. The van der Waals surface area contributed by atoms with E-state index in [0.29, 0.717) is 38.7 Å². The minimum atomic E-state index is -0.247. The topological polar surface area (TPSA) is 61.9 Å². The summed E-state index contributed by atoms with van der Waals surface area (Å²) in [7, 11) is 0. The van der Waals surface area contributed by atoms with Crippen molar-refractivity contribution in [2.75, 3.05) is 39.3 Å². The fourth-order valence-electron chi connectivity index (χ4n) is 3.66.